The van der Waals surface area contributed by atoms with Crippen LogP contribution in [0.1, 0.15) is 24.3 Å². The number of hydrogen-bond donors (Lipinski definition) is 0. The van der Waals surface area contributed by atoms with E-state index in [0.29, 0.717) is 29.1 Å². The third-order valence-corrected chi connectivity index (χ3v) is 5.63. The molecular weight excluding hydrogens is 326 g/mol. The van der Waals surface area contributed by atoms with Gasteiger partial charge in [-0.1, -0.05) is 6.07 Å². The molecule has 0 saturated heterocycles. The molecule has 1 aliphatic rings. The van der Waals surface area contributed by atoms with Crippen molar-refractivity contribution < 1.29 is 4.74 Å². The van der Waals surface area contributed by atoms with Gasteiger partial charge in [-0.05, 0) is 31.5 Å². The number of pyridine rings is 1. The van der Waals surface area contributed by atoms with Crippen LogP contribution in [-0.4, -0.2) is 19.7 Å². The summed E-state index contributed by atoms with van der Waals surface area (Å²) in [7, 11) is 1.69. The second kappa shape index (κ2) is 5.12. The fourth-order valence-corrected chi connectivity index (χ4v) is 4.30. The lowest BCUT2D eigenvalue weighted by atomic mass is 9.94. The van der Waals surface area contributed by atoms with Crippen molar-refractivity contribution in [3.05, 3.63) is 55.7 Å². The number of aryl methyl sites for hydroxylation is 1. The van der Waals surface area contributed by atoms with Crippen LogP contribution < -0.4 is 11.2 Å². The van der Waals surface area contributed by atoms with Gasteiger partial charge in [0.1, 0.15) is 10.6 Å². The predicted molar refractivity (Wildman–Crippen MR) is 93.0 cm³/mol. The van der Waals surface area contributed by atoms with Crippen LogP contribution in [0.3, 0.4) is 0 Å². The Hall–Kier alpha value is -2.25. The first-order chi connectivity index (χ1) is 11.4. The molecule has 4 rings (SSSR count). The summed E-state index contributed by atoms with van der Waals surface area (Å²) in [4.78, 5) is 31.7. The summed E-state index contributed by atoms with van der Waals surface area (Å²) >= 11 is 1.46. The third kappa shape index (κ3) is 2.16. The Morgan fingerprint density at radius 1 is 1.29 bits per heavy atom. The van der Waals surface area contributed by atoms with E-state index >= 15 is 0 Å². The van der Waals surface area contributed by atoms with Gasteiger partial charge < -0.3 is 4.74 Å². The number of rotatable bonds is 1. The molecule has 0 aromatic carbocycles. The van der Waals surface area contributed by atoms with Gasteiger partial charge in [0.2, 0.25) is 0 Å². The minimum Gasteiger partial charge on any atom is -0.370 e. The molecule has 0 fully saturated rings. The van der Waals surface area contributed by atoms with Crippen molar-refractivity contribution >= 4 is 21.6 Å². The van der Waals surface area contributed by atoms with Gasteiger partial charge in [-0.3, -0.25) is 9.36 Å². The first-order valence-corrected chi connectivity index (χ1v) is 8.52. The number of hydrogen-bond acceptors (Lipinski definition) is 5. The van der Waals surface area contributed by atoms with E-state index in [-0.39, 0.29) is 16.9 Å². The Kier molecular flexibility index (Phi) is 3.26. The van der Waals surface area contributed by atoms with Crippen molar-refractivity contribution in [2.45, 2.75) is 32.5 Å². The summed E-state index contributed by atoms with van der Waals surface area (Å²) < 4.78 is 8.53. The van der Waals surface area contributed by atoms with Gasteiger partial charge in [-0.2, -0.15) is 0 Å². The van der Waals surface area contributed by atoms with Gasteiger partial charge in [-0.15, -0.1) is 11.3 Å². The zero-order valence-corrected chi connectivity index (χ0v) is 14.5. The first-order valence-electron chi connectivity index (χ1n) is 7.71. The number of fused-ring (bicyclic) bond motifs is 3. The summed E-state index contributed by atoms with van der Waals surface area (Å²) in [6, 6.07) is 5.18. The summed E-state index contributed by atoms with van der Waals surface area (Å²) in [6.07, 6.45) is 2.23. The Labute approximate surface area is 142 Å². The normalized spacial score (nSPS) is 16.3. The quantitative estimate of drug-likeness (QED) is 0.678. The molecule has 0 amide bonds. The Balaban J connectivity index is 2.11. The molecule has 3 aromatic heterocycles. The molecule has 1 aliphatic heterocycles. The van der Waals surface area contributed by atoms with Gasteiger partial charge >= 0.3 is 5.69 Å². The van der Waals surface area contributed by atoms with Crippen molar-refractivity contribution in [2.24, 2.45) is 7.05 Å². The van der Waals surface area contributed by atoms with Crippen molar-refractivity contribution in [3.8, 4) is 5.82 Å². The molecule has 0 bridgehead atoms. The number of thiophene rings is 1. The van der Waals surface area contributed by atoms with Crippen LogP contribution in [0.25, 0.3) is 16.0 Å². The molecule has 24 heavy (non-hydrogen) atoms. The lowest BCUT2D eigenvalue weighted by Crippen LogP contribution is -2.38. The highest BCUT2D eigenvalue weighted by Crippen LogP contribution is 2.36. The van der Waals surface area contributed by atoms with E-state index in [1.165, 1.54) is 15.9 Å². The van der Waals surface area contributed by atoms with Crippen molar-refractivity contribution in [1.29, 1.82) is 0 Å². The van der Waals surface area contributed by atoms with Crippen molar-refractivity contribution in [1.82, 2.24) is 14.1 Å². The number of aromatic nitrogens is 3. The van der Waals surface area contributed by atoms with Crippen LogP contribution in [0, 0.1) is 0 Å². The zero-order chi connectivity index (χ0) is 17.1. The molecule has 6 nitrogen and oxygen atoms in total. The van der Waals surface area contributed by atoms with Gasteiger partial charge in [0.25, 0.3) is 5.56 Å². The summed E-state index contributed by atoms with van der Waals surface area (Å²) in [6.45, 7) is 4.50. The maximum Gasteiger partial charge on any atom is 0.337 e. The average molecular weight is 343 g/mol. The topological polar surface area (TPSA) is 66.1 Å². The molecule has 7 heteroatoms. The van der Waals surface area contributed by atoms with E-state index in [1.807, 2.05) is 13.8 Å². The molecule has 0 spiro atoms. The highest BCUT2D eigenvalue weighted by atomic mass is 32.1. The minimum absolute atomic E-state index is 0.304. The monoisotopic (exact) mass is 343 g/mol. The average Bonchev–Trinajstić information content (AvgIpc) is 2.92. The van der Waals surface area contributed by atoms with Crippen molar-refractivity contribution in [2.75, 3.05) is 0 Å². The summed E-state index contributed by atoms with van der Waals surface area (Å²) in [5.41, 5.74) is -0.0126. The van der Waals surface area contributed by atoms with Crippen LogP contribution in [0.15, 0.2) is 34.0 Å². The van der Waals surface area contributed by atoms with E-state index in [2.05, 4.69) is 4.98 Å². The van der Waals surface area contributed by atoms with Crippen LogP contribution in [0.4, 0.5) is 0 Å². The zero-order valence-electron chi connectivity index (χ0n) is 13.7. The Bertz CT molecular complexity index is 1060. The summed E-state index contributed by atoms with van der Waals surface area (Å²) in [5, 5.41) is 0.610. The third-order valence-electron chi connectivity index (χ3n) is 4.35. The first kappa shape index (κ1) is 15.3. The number of nitrogens with zero attached hydrogens (tertiary/aromatic N) is 3. The van der Waals surface area contributed by atoms with Gasteiger partial charge in [0, 0.05) is 24.5 Å². The lowest BCUT2D eigenvalue weighted by Gasteiger charge is -2.29. The van der Waals surface area contributed by atoms with E-state index in [9.17, 15) is 9.59 Å². The molecule has 0 N–H and O–H groups in total. The molecule has 0 radical (unpaired) electrons. The molecule has 124 valence electrons. The largest absolute Gasteiger partial charge is 0.370 e. The fraction of sp³-hybridized carbons (Fsp3) is 0.353. The molecule has 3 aromatic rings. The van der Waals surface area contributed by atoms with E-state index in [1.54, 1.807) is 31.4 Å². The molecular formula is C17H17N3O3S. The van der Waals surface area contributed by atoms with Gasteiger partial charge in [-0.25, -0.2) is 14.3 Å². The second-order valence-corrected chi connectivity index (χ2v) is 7.66. The molecule has 0 unspecified atom stereocenters. The Morgan fingerprint density at radius 2 is 2.08 bits per heavy atom. The molecule has 4 heterocycles. The highest BCUT2D eigenvalue weighted by molar-refractivity contribution is 7.18. The predicted octanol–water partition coefficient (Wildman–Crippen LogP) is 2.00. The maximum absolute atomic E-state index is 13.1. The van der Waals surface area contributed by atoms with Crippen LogP contribution in [-0.2, 0) is 24.8 Å². The summed E-state index contributed by atoms with van der Waals surface area (Å²) in [5.74, 6) is 0.344. The van der Waals surface area contributed by atoms with Crippen LogP contribution in [0.2, 0.25) is 0 Å². The fourth-order valence-electron chi connectivity index (χ4n) is 3.12. The van der Waals surface area contributed by atoms with Crippen LogP contribution in [0.5, 0.6) is 0 Å². The standard InChI is InChI=1S/C17H17N3O3S/c1-17(2)8-10-11(9-23-17)24-15-13(10)14(21)20(16(22)19(15)3)12-6-4-5-7-18-12/h4-7H,8-9H2,1-3H3. The maximum atomic E-state index is 13.1. The molecule has 0 atom stereocenters. The molecule has 0 aliphatic carbocycles. The Morgan fingerprint density at radius 3 is 2.79 bits per heavy atom. The van der Waals surface area contributed by atoms with E-state index in [0.717, 1.165) is 15.0 Å². The smallest absolute Gasteiger partial charge is 0.337 e. The SMILES string of the molecule is Cn1c(=O)n(-c2ccccn2)c(=O)c2c3c(sc21)COC(C)(C)C3. The highest BCUT2D eigenvalue weighted by Gasteiger charge is 2.31. The van der Waals surface area contributed by atoms with Crippen molar-refractivity contribution in [3.63, 3.8) is 0 Å². The van der Waals surface area contributed by atoms with Gasteiger partial charge in [0.15, 0.2) is 0 Å². The van der Waals surface area contributed by atoms with Gasteiger partial charge in [0.05, 0.1) is 17.6 Å². The van der Waals surface area contributed by atoms with Crippen LogP contribution >= 0.6 is 11.3 Å². The lowest BCUT2D eigenvalue weighted by molar-refractivity contribution is -0.0379. The van der Waals surface area contributed by atoms with E-state index < -0.39 is 0 Å². The minimum atomic E-state index is -0.384. The number of ether oxygens (including phenoxy) is 1. The molecule has 0 saturated carbocycles. The van der Waals surface area contributed by atoms with E-state index in [4.69, 9.17) is 4.74 Å². The second-order valence-electron chi connectivity index (χ2n) is 6.58.